The lowest BCUT2D eigenvalue weighted by molar-refractivity contribution is -0.385. The second-order valence-corrected chi connectivity index (χ2v) is 6.64. The average molecular weight is 399 g/mol. The highest BCUT2D eigenvalue weighted by Crippen LogP contribution is 2.22. The number of carbonyl (C=O) groups excluding carboxylic acids is 2. The van der Waals surface area contributed by atoms with E-state index in [1.165, 1.54) is 6.20 Å². The largest absolute Gasteiger partial charge is 0.448 e. The number of hydrogen-bond donors (Lipinski definition) is 2. The van der Waals surface area contributed by atoms with E-state index in [-0.39, 0.29) is 24.7 Å². The summed E-state index contributed by atoms with van der Waals surface area (Å²) >= 11 is 0. The van der Waals surface area contributed by atoms with Gasteiger partial charge in [0.2, 0.25) is 0 Å². The minimum Gasteiger partial charge on any atom is -0.448 e. The molecule has 2 amide bonds. The van der Waals surface area contributed by atoms with Crippen LogP contribution in [0, 0.1) is 10.1 Å². The molecule has 1 aromatic heterocycles. The molecule has 2 aromatic rings. The highest BCUT2D eigenvalue weighted by molar-refractivity contribution is 5.94. The van der Waals surface area contributed by atoms with Crippen molar-refractivity contribution in [1.29, 1.82) is 0 Å². The number of aromatic nitrogens is 1. The zero-order chi connectivity index (χ0) is 20.8. The lowest BCUT2D eigenvalue weighted by atomic mass is 10.0. The smallest absolute Gasteiger partial charge is 0.404 e. The van der Waals surface area contributed by atoms with Gasteiger partial charge >= 0.3 is 6.09 Å². The van der Waals surface area contributed by atoms with Gasteiger partial charge in [-0.15, -0.1) is 0 Å². The first-order valence-corrected chi connectivity index (χ1v) is 9.06. The summed E-state index contributed by atoms with van der Waals surface area (Å²) < 4.78 is 4.55. The highest BCUT2D eigenvalue weighted by atomic mass is 16.6. The zero-order valence-electron chi connectivity index (χ0n) is 15.7. The van der Waals surface area contributed by atoms with Crippen molar-refractivity contribution < 1.29 is 19.2 Å². The number of ether oxygens (including phenoxy) is 1. The maximum atomic E-state index is 12.1. The van der Waals surface area contributed by atoms with Crippen LogP contribution in [0.1, 0.15) is 27.2 Å². The number of pyridine rings is 1. The zero-order valence-corrected chi connectivity index (χ0v) is 15.7. The normalized spacial score (nSPS) is 13.4. The molecule has 10 heteroatoms. The third-order valence-electron chi connectivity index (χ3n) is 4.57. The molecular weight excluding hydrogens is 378 g/mol. The second kappa shape index (κ2) is 9.11. The van der Waals surface area contributed by atoms with Crippen molar-refractivity contribution in [1.82, 2.24) is 15.2 Å². The van der Waals surface area contributed by atoms with E-state index in [1.807, 2.05) is 12.1 Å². The summed E-state index contributed by atoms with van der Waals surface area (Å²) in [7, 11) is 0. The molecule has 29 heavy (non-hydrogen) atoms. The van der Waals surface area contributed by atoms with Gasteiger partial charge in [0, 0.05) is 43.4 Å². The van der Waals surface area contributed by atoms with Gasteiger partial charge in [-0.1, -0.05) is 12.1 Å². The molecule has 0 atom stereocenters. The van der Waals surface area contributed by atoms with E-state index < -0.39 is 11.0 Å². The van der Waals surface area contributed by atoms with Crippen LogP contribution < -0.4 is 11.1 Å². The Bertz CT molecular complexity index is 916. The molecule has 0 aliphatic carbocycles. The van der Waals surface area contributed by atoms with Crippen LogP contribution in [0.15, 0.2) is 36.5 Å². The fraction of sp³-hybridized carbons (Fsp3) is 0.316. The summed E-state index contributed by atoms with van der Waals surface area (Å²) in [5.74, 6) is -0.269. The Labute approximate surface area is 166 Å². The number of primary amides is 1. The van der Waals surface area contributed by atoms with Crippen LogP contribution in [0.3, 0.4) is 0 Å². The third-order valence-corrected chi connectivity index (χ3v) is 4.57. The van der Waals surface area contributed by atoms with Crippen molar-refractivity contribution in [3.63, 3.8) is 0 Å². The summed E-state index contributed by atoms with van der Waals surface area (Å²) in [6, 6.07) is 8.78. The van der Waals surface area contributed by atoms with Crippen LogP contribution in [0.4, 0.5) is 10.5 Å². The molecule has 0 saturated heterocycles. The van der Waals surface area contributed by atoms with Gasteiger partial charge in [0.15, 0.2) is 0 Å². The van der Waals surface area contributed by atoms with E-state index in [0.717, 1.165) is 29.8 Å². The van der Waals surface area contributed by atoms with E-state index in [9.17, 15) is 19.7 Å². The molecule has 10 nitrogen and oxygen atoms in total. The topological polar surface area (TPSA) is 141 Å². The van der Waals surface area contributed by atoms with Crippen LogP contribution in [0.2, 0.25) is 0 Å². The monoisotopic (exact) mass is 399 g/mol. The number of nitrogens with zero attached hydrogens (tertiary/aromatic N) is 3. The molecule has 152 valence electrons. The highest BCUT2D eigenvalue weighted by Gasteiger charge is 2.20. The van der Waals surface area contributed by atoms with E-state index in [2.05, 4.69) is 19.9 Å². The maximum Gasteiger partial charge on any atom is 0.404 e. The number of hydrogen-bond acceptors (Lipinski definition) is 7. The van der Waals surface area contributed by atoms with Crippen molar-refractivity contribution >= 4 is 17.7 Å². The fourth-order valence-corrected chi connectivity index (χ4v) is 3.14. The summed E-state index contributed by atoms with van der Waals surface area (Å²) in [4.78, 5) is 39.4. The number of rotatable bonds is 7. The van der Waals surface area contributed by atoms with Gasteiger partial charge < -0.3 is 15.8 Å². The lowest BCUT2D eigenvalue weighted by Gasteiger charge is -2.27. The summed E-state index contributed by atoms with van der Waals surface area (Å²) in [5.41, 5.74) is 8.15. The lowest BCUT2D eigenvalue weighted by Crippen LogP contribution is -2.31. The minimum absolute atomic E-state index is 0.00203. The standard InChI is InChI=1S/C19H21N5O5/c20-19(26)29-8-6-21-18(25)14-3-1-13(2-4-14)11-23-7-5-17-15(12-23)9-16(10-22-17)24(27)28/h1-4,9-10H,5-8,11-12H2,(H2,20,26)(H,21,25). The quantitative estimate of drug-likeness (QED) is 0.407. The predicted octanol–water partition coefficient (Wildman–Crippen LogP) is 1.37. The molecule has 0 radical (unpaired) electrons. The van der Waals surface area contributed by atoms with Gasteiger partial charge in [0.1, 0.15) is 12.8 Å². The van der Waals surface area contributed by atoms with Crippen molar-refractivity contribution in [2.75, 3.05) is 19.7 Å². The second-order valence-electron chi connectivity index (χ2n) is 6.64. The number of nitro groups is 1. The van der Waals surface area contributed by atoms with Crippen LogP contribution in [0.25, 0.3) is 0 Å². The van der Waals surface area contributed by atoms with E-state index >= 15 is 0 Å². The predicted molar refractivity (Wildman–Crippen MR) is 103 cm³/mol. The summed E-state index contributed by atoms with van der Waals surface area (Å²) in [5, 5.41) is 13.6. The molecule has 2 heterocycles. The third kappa shape index (κ3) is 5.48. The average Bonchev–Trinajstić information content (AvgIpc) is 2.71. The van der Waals surface area contributed by atoms with Crippen LogP contribution in [-0.4, -0.2) is 46.5 Å². The first-order chi connectivity index (χ1) is 13.9. The minimum atomic E-state index is -0.880. The Morgan fingerprint density at radius 3 is 2.76 bits per heavy atom. The van der Waals surface area contributed by atoms with Gasteiger partial charge in [-0.05, 0) is 23.3 Å². The van der Waals surface area contributed by atoms with E-state index in [4.69, 9.17) is 5.73 Å². The Morgan fingerprint density at radius 1 is 1.31 bits per heavy atom. The molecular formula is C19H21N5O5. The van der Waals surface area contributed by atoms with E-state index in [1.54, 1.807) is 18.2 Å². The SMILES string of the molecule is NC(=O)OCCNC(=O)c1ccc(CN2CCc3ncc([N+](=O)[O-])cc3C2)cc1. The van der Waals surface area contributed by atoms with Gasteiger partial charge in [-0.3, -0.25) is 24.8 Å². The molecule has 0 unspecified atom stereocenters. The molecule has 1 aliphatic rings. The van der Waals surface area contributed by atoms with Crippen molar-refractivity contribution in [3.05, 3.63) is 69.0 Å². The van der Waals surface area contributed by atoms with E-state index in [0.29, 0.717) is 18.7 Å². The molecule has 3 N–H and O–H groups in total. The number of carbonyl (C=O) groups is 2. The Balaban J connectivity index is 1.55. The summed E-state index contributed by atoms with van der Waals surface area (Å²) in [6.45, 7) is 2.25. The number of amides is 2. The van der Waals surface area contributed by atoms with Crippen molar-refractivity contribution in [3.8, 4) is 0 Å². The first kappa shape index (κ1) is 20.2. The number of nitrogens with one attached hydrogen (secondary N) is 1. The number of benzene rings is 1. The maximum absolute atomic E-state index is 12.1. The summed E-state index contributed by atoms with van der Waals surface area (Å²) in [6.07, 6.45) is 1.16. The molecule has 0 saturated carbocycles. The molecule has 3 rings (SSSR count). The van der Waals surface area contributed by atoms with Crippen molar-refractivity contribution in [2.24, 2.45) is 5.73 Å². The molecule has 0 spiro atoms. The van der Waals surface area contributed by atoms with Gasteiger partial charge in [-0.25, -0.2) is 4.79 Å². The molecule has 0 fully saturated rings. The van der Waals surface area contributed by atoms with Crippen LogP contribution in [0.5, 0.6) is 0 Å². The molecule has 0 bridgehead atoms. The first-order valence-electron chi connectivity index (χ1n) is 9.06. The van der Waals surface area contributed by atoms with Crippen LogP contribution in [-0.2, 0) is 24.2 Å². The number of fused-ring (bicyclic) bond motifs is 1. The molecule has 1 aromatic carbocycles. The van der Waals surface area contributed by atoms with Gasteiger partial charge in [-0.2, -0.15) is 0 Å². The van der Waals surface area contributed by atoms with Crippen molar-refractivity contribution in [2.45, 2.75) is 19.5 Å². The molecule has 1 aliphatic heterocycles. The van der Waals surface area contributed by atoms with Gasteiger partial charge in [0.25, 0.3) is 11.6 Å². The van der Waals surface area contributed by atoms with Gasteiger partial charge in [0.05, 0.1) is 11.5 Å². The Hall–Kier alpha value is -3.53. The Morgan fingerprint density at radius 2 is 2.07 bits per heavy atom. The number of nitrogens with two attached hydrogens (primary N) is 1. The Kier molecular flexibility index (Phi) is 6.35. The van der Waals surface area contributed by atoms with Crippen LogP contribution >= 0.6 is 0 Å². The fourth-order valence-electron chi connectivity index (χ4n) is 3.14.